The van der Waals surface area contributed by atoms with Gasteiger partial charge in [-0.25, -0.2) is 0 Å². The lowest BCUT2D eigenvalue weighted by Gasteiger charge is -2.14. The van der Waals surface area contributed by atoms with Crippen LogP contribution in [-0.4, -0.2) is 11.2 Å². The molecule has 1 unspecified atom stereocenters. The predicted molar refractivity (Wildman–Crippen MR) is 57.6 cm³/mol. The highest BCUT2D eigenvalue weighted by atomic mass is 16.5. The van der Waals surface area contributed by atoms with Gasteiger partial charge in [-0.3, -0.25) is 0 Å². The highest BCUT2D eigenvalue weighted by Gasteiger charge is 2.05. The van der Waals surface area contributed by atoms with Crippen molar-refractivity contribution < 1.29 is 9.84 Å². The minimum atomic E-state index is -0.415. The van der Waals surface area contributed by atoms with Crippen molar-refractivity contribution in [2.75, 3.05) is 0 Å². The van der Waals surface area contributed by atoms with E-state index < -0.39 is 6.10 Å². The maximum atomic E-state index is 9.38. The second-order valence-electron chi connectivity index (χ2n) is 3.87. The molecule has 0 heterocycles. The number of hydrogen-bond donors (Lipinski definition) is 1. The summed E-state index contributed by atoms with van der Waals surface area (Å²) < 4.78 is 5.60. The van der Waals surface area contributed by atoms with E-state index in [0.717, 1.165) is 16.9 Å². The number of benzene rings is 1. The zero-order valence-electron chi connectivity index (χ0n) is 9.24. The number of aliphatic hydroxyl groups is 1. The second kappa shape index (κ2) is 4.47. The molecule has 14 heavy (non-hydrogen) atoms. The minimum absolute atomic E-state index is 0.186. The van der Waals surface area contributed by atoms with Gasteiger partial charge in [-0.1, -0.05) is 6.07 Å². The van der Waals surface area contributed by atoms with E-state index in [2.05, 4.69) is 0 Å². The van der Waals surface area contributed by atoms with Gasteiger partial charge in [0, 0.05) is 0 Å². The van der Waals surface area contributed by atoms with Crippen LogP contribution in [0, 0.1) is 6.92 Å². The van der Waals surface area contributed by atoms with Gasteiger partial charge in [0.05, 0.1) is 12.2 Å². The van der Waals surface area contributed by atoms with Crippen molar-refractivity contribution in [2.45, 2.75) is 39.9 Å². The SMILES string of the molecule is Cc1cc(C(C)O)ccc1OC(C)C. The largest absolute Gasteiger partial charge is 0.491 e. The lowest BCUT2D eigenvalue weighted by Crippen LogP contribution is -2.07. The standard InChI is InChI=1S/C12H18O2/c1-8(2)14-12-6-5-11(10(4)13)7-9(12)3/h5-8,10,13H,1-4H3. The summed E-state index contributed by atoms with van der Waals surface area (Å²) in [6.45, 7) is 7.76. The van der Waals surface area contributed by atoms with E-state index >= 15 is 0 Å². The molecular weight excluding hydrogens is 176 g/mol. The van der Waals surface area contributed by atoms with Crippen LogP contribution in [0.4, 0.5) is 0 Å². The molecule has 0 saturated heterocycles. The Kier molecular flexibility index (Phi) is 3.53. The molecule has 1 atom stereocenters. The molecule has 0 saturated carbocycles. The first-order valence-electron chi connectivity index (χ1n) is 4.96. The van der Waals surface area contributed by atoms with Gasteiger partial charge in [0.2, 0.25) is 0 Å². The van der Waals surface area contributed by atoms with E-state index in [9.17, 15) is 5.11 Å². The van der Waals surface area contributed by atoms with Crippen LogP contribution in [0.2, 0.25) is 0 Å². The summed E-state index contributed by atoms with van der Waals surface area (Å²) in [7, 11) is 0. The lowest BCUT2D eigenvalue weighted by molar-refractivity contribution is 0.198. The molecule has 1 aromatic carbocycles. The Morgan fingerprint density at radius 3 is 2.29 bits per heavy atom. The maximum Gasteiger partial charge on any atom is 0.122 e. The van der Waals surface area contributed by atoms with Gasteiger partial charge in [-0.05, 0) is 51.0 Å². The maximum absolute atomic E-state index is 9.38. The molecule has 1 N–H and O–H groups in total. The van der Waals surface area contributed by atoms with Gasteiger partial charge in [-0.15, -0.1) is 0 Å². The number of aliphatic hydroxyl groups excluding tert-OH is 1. The van der Waals surface area contributed by atoms with Crippen molar-refractivity contribution in [1.29, 1.82) is 0 Å². The summed E-state index contributed by atoms with van der Waals surface area (Å²) in [5.74, 6) is 0.893. The molecule has 1 rings (SSSR count). The molecule has 2 heteroatoms. The molecule has 0 radical (unpaired) electrons. The monoisotopic (exact) mass is 194 g/mol. The van der Waals surface area contributed by atoms with E-state index in [0.29, 0.717) is 0 Å². The number of ether oxygens (including phenoxy) is 1. The number of hydrogen-bond acceptors (Lipinski definition) is 2. The second-order valence-corrected chi connectivity index (χ2v) is 3.87. The Hall–Kier alpha value is -1.02. The van der Waals surface area contributed by atoms with E-state index in [1.165, 1.54) is 0 Å². The van der Waals surface area contributed by atoms with Crippen molar-refractivity contribution in [3.8, 4) is 5.75 Å². The lowest BCUT2D eigenvalue weighted by atomic mass is 10.1. The molecule has 78 valence electrons. The van der Waals surface area contributed by atoms with Crippen LogP contribution in [0.3, 0.4) is 0 Å². The van der Waals surface area contributed by atoms with Crippen molar-refractivity contribution in [3.05, 3.63) is 29.3 Å². The Labute approximate surface area is 85.5 Å². The highest BCUT2D eigenvalue weighted by Crippen LogP contribution is 2.23. The average Bonchev–Trinajstić information content (AvgIpc) is 2.07. The molecule has 0 bridgehead atoms. The highest BCUT2D eigenvalue weighted by molar-refractivity contribution is 5.37. The quantitative estimate of drug-likeness (QED) is 0.801. The van der Waals surface area contributed by atoms with Gasteiger partial charge < -0.3 is 9.84 Å². The summed E-state index contributed by atoms with van der Waals surface area (Å²) in [6, 6.07) is 5.77. The molecule has 2 nitrogen and oxygen atoms in total. The van der Waals surface area contributed by atoms with E-state index in [1.54, 1.807) is 6.92 Å². The molecular formula is C12H18O2. The molecule has 0 fully saturated rings. The molecule has 1 aromatic rings. The topological polar surface area (TPSA) is 29.5 Å². The first kappa shape index (κ1) is 11.1. The summed E-state index contributed by atoms with van der Waals surface area (Å²) in [5.41, 5.74) is 2.00. The first-order valence-corrected chi connectivity index (χ1v) is 4.96. The zero-order valence-corrected chi connectivity index (χ0v) is 9.24. The Morgan fingerprint density at radius 1 is 1.21 bits per heavy atom. The van der Waals surface area contributed by atoms with Crippen molar-refractivity contribution >= 4 is 0 Å². The van der Waals surface area contributed by atoms with E-state index in [4.69, 9.17) is 4.74 Å². The Balaban J connectivity index is 2.90. The molecule has 0 amide bonds. The van der Waals surface area contributed by atoms with Crippen LogP contribution in [0.25, 0.3) is 0 Å². The first-order chi connectivity index (χ1) is 6.50. The number of rotatable bonds is 3. The predicted octanol–water partition coefficient (Wildman–Crippen LogP) is 2.84. The van der Waals surface area contributed by atoms with Gasteiger partial charge in [0.1, 0.15) is 5.75 Å². The van der Waals surface area contributed by atoms with Crippen LogP contribution in [0.5, 0.6) is 5.75 Å². The average molecular weight is 194 g/mol. The fourth-order valence-corrected chi connectivity index (χ4v) is 1.32. The van der Waals surface area contributed by atoms with Crippen molar-refractivity contribution in [3.63, 3.8) is 0 Å². The minimum Gasteiger partial charge on any atom is -0.491 e. The third kappa shape index (κ3) is 2.74. The van der Waals surface area contributed by atoms with Crippen LogP contribution in [0.15, 0.2) is 18.2 Å². The van der Waals surface area contributed by atoms with Crippen molar-refractivity contribution in [2.24, 2.45) is 0 Å². The van der Waals surface area contributed by atoms with Crippen LogP contribution in [-0.2, 0) is 0 Å². The molecule has 0 spiro atoms. The van der Waals surface area contributed by atoms with Gasteiger partial charge in [0.15, 0.2) is 0 Å². The van der Waals surface area contributed by atoms with Crippen LogP contribution < -0.4 is 4.74 Å². The molecule has 0 aliphatic heterocycles. The van der Waals surface area contributed by atoms with Crippen LogP contribution in [0.1, 0.15) is 38.0 Å². The molecule has 0 aliphatic carbocycles. The van der Waals surface area contributed by atoms with Gasteiger partial charge in [-0.2, -0.15) is 0 Å². The Bertz CT molecular complexity index is 303. The van der Waals surface area contributed by atoms with Gasteiger partial charge in [0.25, 0.3) is 0 Å². The summed E-state index contributed by atoms with van der Waals surface area (Å²) in [6.07, 6.45) is -0.229. The van der Waals surface area contributed by atoms with Gasteiger partial charge >= 0.3 is 0 Å². The third-order valence-electron chi connectivity index (χ3n) is 2.04. The molecule has 0 aromatic heterocycles. The summed E-state index contributed by atoms with van der Waals surface area (Å²) >= 11 is 0. The van der Waals surface area contributed by atoms with E-state index in [1.807, 2.05) is 39.0 Å². The normalized spacial score (nSPS) is 13.0. The van der Waals surface area contributed by atoms with Crippen LogP contribution >= 0.6 is 0 Å². The summed E-state index contributed by atoms with van der Waals surface area (Å²) in [5, 5.41) is 9.38. The fraction of sp³-hybridized carbons (Fsp3) is 0.500. The zero-order chi connectivity index (χ0) is 10.7. The number of aryl methyl sites for hydroxylation is 1. The van der Waals surface area contributed by atoms with E-state index in [-0.39, 0.29) is 6.10 Å². The fourth-order valence-electron chi connectivity index (χ4n) is 1.32. The smallest absolute Gasteiger partial charge is 0.122 e. The Morgan fingerprint density at radius 2 is 1.86 bits per heavy atom. The van der Waals surface area contributed by atoms with Crippen molar-refractivity contribution in [1.82, 2.24) is 0 Å². The summed E-state index contributed by atoms with van der Waals surface area (Å²) in [4.78, 5) is 0. The third-order valence-corrected chi connectivity index (χ3v) is 2.04. The molecule has 0 aliphatic rings.